The number of urea groups is 1. The minimum absolute atomic E-state index is 0.250. The predicted octanol–water partition coefficient (Wildman–Crippen LogP) is 5.06. The number of aryl methyl sites for hydroxylation is 2. The number of hydrogen-bond acceptors (Lipinski definition) is 4. The Morgan fingerprint density at radius 2 is 1.86 bits per heavy atom. The Labute approximate surface area is 198 Å². The molecule has 11 heteroatoms. The molecule has 0 atom stereocenters. The molecule has 0 aliphatic carbocycles. The van der Waals surface area contributed by atoms with Gasteiger partial charge in [0.05, 0.1) is 17.6 Å². The fourth-order valence-corrected chi connectivity index (χ4v) is 3.45. The summed E-state index contributed by atoms with van der Waals surface area (Å²) in [6, 6.07) is 13.8. The molecule has 0 spiro atoms. The zero-order chi connectivity index (χ0) is 25.6. The number of benzene rings is 1. The standard InChI is InChI=1S/C23H20F3N5O.CH2O2/c1-14-8-15(2)29-19(9-14)16-6-7-31-20(12-27-21(31)11-16)17-4-3-5-18(10-17)30-22(32)28-13-23(24,25)26;2-1-3/h3-12H,13H2,1-2H3,(H2,28,30,32);1H,(H,2,3). The molecule has 3 heterocycles. The molecule has 8 nitrogen and oxygen atoms in total. The lowest BCUT2D eigenvalue weighted by molar-refractivity contribution is -0.123. The van der Waals surface area contributed by atoms with Crippen molar-refractivity contribution in [3.8, 4) is 22.5 Å². The smallest absolute Gasteiger partial charge is 0.405 e. The Hall–Kier alpha value is -4.41. The number of carbonyl (C=O) groups excluding carboxylic acids is 1. The van der Waals surface area contributed by atoms with E-state index in [-0.39, 0.29) is 6.47 Å². The van der Waals surface area contributed by atoms with Crippen molar-refractivity contribution in [2.24, 2.45) is 0 Å². The molecule has 1 aromatic carbocycles. The van der Waals surface area contributed by atoms with E-state index in [1.807, 2.05) is 54.8 Å². The Balaban J connectivity index is 0.00000108. The van der Waals surface area contributed by atoms with Crippen molar-refractivity contribution in [3.05, 3.63) is 72.2 Å². The first-order chi connectivity index (χ1) is 16.6. The van der Waals surface area contributed by atoms with E-state index in [0.717, 1.165) is 39.4 Å². The summed E-state index contributed by atoms with van der Waals surface area (Å²) in [7, 11) is 0. The Kier molecular flexibility index (Phi) is 7.69. The number of amides is 2. The number of nitrogens with one attached hydrogen (secondary N) is 2. The molecule has 4 rings (SSSR count). The predicted molar refractivity (Wildman–Crippen MR) is 125 cm³/mol. The number of carbonyl (C=O) groups is 2. The number of halogens is 3. The number of imidazole rings is 1. The zero-order valence-electron chi connectivity index (χ0n) is 18.8. The first kappa shape index (κ1) is 25.2. The molecule has 3 N–H and O–H groups in total. The van der Waals surface area contributed by atoms with Crippen LogP contribution >= 0.6 is 0 Å². The van der Waals surface area contributed by atoms with Crippen molar-refractivity contribution < 1.29 is 27.9 Å². The summed E-state index contributed by atoms with van der Waals surface area (Å²) < 4.78 is 38.7. The highest BCUT2D eigenvalue weighted by Gasteiger charge is 2.27. The van der Waals surface area contributed by atoms with Gasteiger partial charge < -0.3 is 15.7 Å². The second-order valence-electron chi connectivity index (χ2n) is 7.57. The number of hydrogen-bond donors (Lipinski definition) is 3. The van der Waals surface area contributed by atoms with Crippen molar-refractivity contribution in [2.45, 2.75) is 20.0 Å². The first-order valence-electron chi connectivity index (χ1n) is 10.3. The SMILES string of the molecule is Cc1cc(C)nc(-c2ccn3c(-c4cccc(NC(=O)NCC(F)(F)F)c4)cnc3c2)c1.O=CO. The number of rotatable bonds is 4. The van der Waals surface area contributed by atoms with E-state index >= 15 is 0 Å². The third-order valence-corrected chi connectivity index (χ3v) is 4.77. The Morgan fingerprint density at radius 1 is 1.11 bits per heavy atom. The van der Waals surface area contributed by atoms with E-state index in [9.17, 15) is 18.0 Å². The number of anilines is 1. The van der Waals surface area contributed by atoms with Crippen molar-refractivity contribution in [3.63, 3.8) is 0 Å². The maximum atomic E-state index is 12.3. The minimum Gasteiger partial charge on any atom is -0.483 e. The molecule has 3 aromatic heterocycles. The fraction of sp³-hybridized carbons (Fsp3) is 0.167. The van der Waals surface area contributed by atoms with Gasteiger partial charge in [0, 0.05) is 28.7 Å². The van der Waals surface area contributed by atoms with Crippen LogP contribution < -0.4 is 10.6 Å². The van der Waals surface area contributed by atoms with Crippen LogP contribution in [0.2, 0.25) is 0 Å². The van der Waals surface area contributed by atoms with Gasteiger partial charge in [-0.15, -0.1) is 0 Å². The number of carboxylic acid groups (broad SMARTS) is 1. The van der Waals surface area contributed by atoms with Crippen molar-refractivity contribution in [1.29, 1.82) is 0 Å². The van der Waals surface area contributed by atoms with Gasteiger partial charge in [0.15, 0.2) is 0 Å². The number of pyridine rings is 2. The van der Waals surface area contributed by atoms with Gasteiger partial charge in [-0.1, -0.05) is 12.1 Å². The molecule has 0 saturated heterocycles. The molecule has 4 aromatic rings. The van der Waals surface area contributed by atoms with Gasteiger partial charge in [-0.3, -0.25) is 14.2 Å². The second-order valence-corrected chi connectivity index (χ2v) is 7.57. The van der Waals surface area contributed by atoms with Crippen LogP contribution in [0.4, 0.5) is 23.7 Å². The van der Waals surface area contributed by atoms with Crippen molar-refractivity contribution in [2.75, 3.05) is 11.9 Å². The molecule has 2 amide bonds. The van der Waals surface area contributed by atoms with Crippen LogP contribution in [0.3, 0.4) is 0 Å². The van der Waals surface area contributed by atoms with E-state index in [1.165, 1.54) is 0 Å². The largest absolute Gasteiger partial charge is 0.483 e. The molecular weight excluding hydrogens is 463 g/mol. The van der Waals surface area contributed by atoms with E-state index in [0.29, 0.717) is 5.69 Å². The molecule has 0 aliphatic rings. The van der Waals surface area contributed by atoms with E-state index in [2.05, 4.69) is 15.3 Å². The molecule has 0 bridgehead atoms. The van der Waals surface area contributed by atoms with Crippen LogP contribution in [0.15, 0.2) is 60.9 Å². The van der Waals surface area contributed by atoms with Crippen LogP contribution in [0, 0.1) is 13.8 Å². The molecular formula is C24H22F3N5O3. The molecule has 0 aliphatic heterocycles. The average molecular weight is 485 g/mol. The minimum atomic E-state index is -4.47. The summed E-state index contributed by atoms with van der Waals surface area (Å²) in [5, 5.41) is 11.1. The van der Waals surface area contributed by atoms with Crippen LogP contribution in [0.25, 0.3) is 28.2 Å². The van der Waals surface area contributed by atoms with Crippen LogP contribution in [0.5, 0.6) is 0 Å². The lowest BCUT2D eigenvalue weighted by Gasteiger charge is -2.11. The topological polar surface area (TPSA) is 109 Å². The fourth-order valence-electron chi connectivity index (χ4n) is 3.45. The zero-order valence-corrected chi connectivity index (χ0v) is 18.8. The second kappa shape index (κ2) is 10.7. The van der Waals surface area contributed by atoms with Gasteiger partial charge >= 0.3 is 12.2 Å². The molecule has 35 heavy (non-hydrogen) atoms. The van der Waals surface area contributed by atoms with Gasteiger partial charge in [0.2, 0.25) is 0 Å². The van der Waals surface area contributed by atoms with Gasteiger partial charge in [0.1, 0.15) is 12.2 Å². The summed E-state index contributed by atoms with van der Waals surface area (Å²) in [4.78, 5) is 29.2. The normalized spacial score (nSPS) is 10.9. The van der Waals surface area contributed by atoms with Gasteiger partial charge in [-0.2, -0.15) is 13.2 Å². The van der Waals surface area contributed by atoms with E-state index in [4.69, 9.17) is 9.90 Å². The quantitative estimate of drug-likeness (QED) is 0.350. The van der Waals surface area contributed by atoms with Crippen LogP contribution in [0.1, 0.15) is 11.3 Å². The summed E-state index contributed by atoms with van der Waals surface area (Å²) in [5.41, 5.74) is 6.49. The van der Waals surface area contributed by atoms with Gasteiger partial charge in [-0.05, 0) is 55.8 Å². The monoisotopic (exact) mass is 485 g/mol. The number of nitrogens with zero attached hydrogens (tertiary/aromatic N) is 3. The van der Waals surface area contributed by atoms with Crippen molar-refractivity contribution >= 4 is 23.8 Å². The molecule has 0 saturated carbocycles. The van der Waals surface area contributed by atoms with Crippen LogP contribution in [-0.2, 0) is 4.79 Å². The van der Waals surface area contributed by atoms with E-state index in [1.54, 1.807) is 29.7 Å². The van der Waals surface area contributed by atoms with Gasteiger partial charge in [0.25, 0.3) is 6.47 Å². The molecule has 182 valence electrons. The highest BCUT2D eigenvalue weighted by molar-refractivity contribution is 5.90. The Morgan fingerprint density at radius 3 is 2.54 bits per heavy atom. The summed E-state index contributed by atoms with van der Waals surface area (Å²) in [5.74, 6) is 0. The highest BCUT2D eigenvalue weighted by Crippen LogP contribution is 2.27. The summed E-state index contributed by atoms with van der Waals surface area (Å²) in [6.45, 7) is 2.32. The first-order valence-corrected chi connectivity index (χ1v) is 10.3. The van der Waals surface area contributed by atoms with E-state index < -0.39 is 18.8 Å². The third kappa shape index (κ3) is 6.79. The Bertz CT molecular complexity index is 1330. The molecule has 0 radical (unpaired) electrons. The molecule has 0 unspecified atom stereocenters. The maximum Gasteiger partial charge on any atom is 0.405 e. The lowest BCUT2D eigenvalue weighted by Crippen LogP contribution is -2.36. The van der Waals surface area contributed by atoms with Crippen LogP contribution in [-0.4, -0.2) is 44.7 Å². The number of aromatic nitrogens is 3. The molecule has 0 fully saturated rings. The highest BCUT2D eigenvalue weighted by atomic mass is 19.4. The maximum absolute atomic E-state index is 12.3. The number of fused-ring (bicyclic) bond motifs is 1. The number of alkyl halides is 3. The van der Waals surface area contributed by atoms with Crippen molar-refractivity contribution in [1.82, 2.24) is 19.7 Å². The third-order valence-electron chi connectivity index (χ3n) is 4.77. The summed E-state index contributed by atoms with van der Waals surface area (Å²) >= 11 is 0. The average Bonchev–Trinajstić information content (AvgIpc) is 3.21. The summed E-state index contributed by atoms with van der Waals surface area (Å²) in [6.07, 6.45) is -0.874. The lowest BCUT2D eigenvalue weighted by atomic mass is 10.1. The van der Waals surface area contributed by atoms with Gasteiger partial charge in [-0.25, -0.2) is 9.78 Å².